The van der Waals surface area contributed by atoms with Crippen LogP contribution in [-0.2, 0) is 0 Å². The van der Waals surface area contributed by atoms with Crippen molar-refractivity contribution in [2.45, 2.75) is 0 Å². The number of thiol groups is 1. The molecular formula is C7H6INOS. The fraction of sp³-hybridized carbons (Fsp3) is 0. The maximum Gasteiger partial charge on any atom is 0.280 e. The molecule has 0 radical (unpaired) electrons. The highest BCUT2D eigenvalue weighted by molar-refractivity contribution is 14.1. The zero-order valence-electron chi connectivity index (χ0n) is 5.54. The van der Waals surface area contributed by atoms with Crippen LogP contribution >= 0.6 is 35.2 Å². The van der Waals surface area contributed by atoms with Gasteiger partial charge in [0, 0.05) is 9.26 Å². The predicted molar refractivity (Wildman–Crippen MR) is 57.2 cm³/mol. The topological polar surface area (TPSA) is 29.1 Å². The number of carbonyl (C=O) groups excluding carboxylic acids is 1. The van der Waals surface area contributed by atoms with Crippen molar-refractivity contribution in [1.82, 2.24) is 0 Å². The Hall–Kier alpha value is -0.230. The normalized spacial score (nSPS) is 9.27. The van der Waals surface area contributed by atoms with Crippen LogP contribution in [0.1, 0.15) is 0 Å². The second-order valence-corrected chi connectivity index (χ2v) is 3.59. The first-order valence-electron chi connectivity index (χ1n) is 2.94. The number of benzene rings is 1. The molecule has 0 heterocycles. The van der Waals surface area contributed by atoms with Crippen LogP contribution in [0.5, 0.6) is 0 Å². The zero-order valence-corrected chi connectivity index (χ0v) is 8.59. The van der Waals surface area contributed by atoms with Crippen LogP contribution in [-0.4, -0.2) is 5.24 Å². The van der Waals surface area contributed by atoms with Crippen LogP contribution < -0.4 is 5.32 Å². The first-order valence-corrected chi connectivity index (χ1v) is 4.46. The minimum Gasteiger partial charge on any atom is -0.317 e. The molecule has 1 aromatic rings. The third-order valence-corrected chi connectivity index (χ3v) is 1.93. The first kappa shape index (κ1) is 8.86. The van der Waals surface area contributed by atoms with Crippen LogP contribution in [0.3, 0.4) is 0 Å². The number of rotatable bonds is 1. The molecule has 0 bridgehead atoms. The number of hydrogen-bond acceptors (Lipinski definition) is 1. The third kappa shape index (κ3) is 3.11. The molecule has 1 amide bonds. The van der Waals surface area contributed by atoms with Crippen LogP contribution in [0, 0.1) is 3.57 Å². The van der Waals surface area contributed by atoms with Crippen molar-refractivity contribution >= 4 is 46.1 Å². The van der Waals surface area contributed by atoms with Gasteiger partial charge in [-0.15, -0.1) is 0 Å². The van der Waals surface area contributed by atoms with E-state index in [2.05, 4.69) is 40.5 Å². The number of anilines is 1. The van der Waals surface area contributed by atoms with Crippen molar-refractivity contribution in [1.29, 1.82) is 0 Å². The minimum atomic E-state index is -0.341. The standard InChI is InChI=1S/C7H6INOS/c8-5-1-3-6(4-2-5)9-7(10)11/h1-4H,(H2,9,10,11). The Labute approximate surface area is 83.9 Å². The van der Waals surface area contributed by atoms with Gasteiger partial charge in [-0.2, -0.15) is 0 Å². The molecule has 0 aromatic heterocycles. The van der Waals surface area contributed by atoms with E-state index >= 15 is 0 Å². The van der Waals surface area contributed by atoms with Gasteiger partial charge in [0.15, 0.2) is 0 Å². The molecule has 0 unspecified atom stereocenters. The molecule has 0 spiro atoms. The Morgan fingerprint density at radius 1 is 1.36 bits per heavy atom. The minimum absolute atomic E-state index is 0.341. The highest BCUT2D eigenvalue weighted by Gasteiger charge is 1.93. The van der Waals surface area contributed by atoms with Gasteiger partial charge in [0.2, 0.25) is 0 Å². The van der Waals surface area contributed by atoms with Gasteiger partial charge in [0.25, 0.3) is 5.24 Å². The van der Waals surface area contributed by atoms with Crippen molar-refractivity contribution in [3.8, 4) is 0 Å². The molecule has 0 atom stereocenters. The summed E-state index contributed by atoms with van der Waals surface area (Å²) in [5, 5.41) is 2.21. The molecule has 0 aliphatic heterocycles. The summed E-state index contributed by atoms with van der Waals surface area (Å²) in [6.45, 7) is 0. The fourth-order valence-corrected chi connectivity index (χ4v) is 1.15. The number of hydrogen-bond donors (Lipinski definition) is 2. The van der Waals surface area contributed by atoms with Crippen LogP contribution in [0.25, 0.3) is 0 Å². The van der Waals surface area contributed by atoms with Gasteiger partial charge in [-0.05, 0) is 46.9 Å². The fourth-order valence-electron chi connectivity index (χ4n) is 0.657. The molecule has 1 rings (SSSR count). The Balaban J connectivity index is 2.74. The molecule has 0 aliphatic rings. The lowest BCUT2D eigenvalue weighted by Gasteiger charge is -1.99. The highest BCUT2D eigenvalue weighted by atomic mass is 127. The monoisotopic (exact) mass is 279 g/mol. The van der Waals surface area contributed by atoms with E-state index in [9.17, 15) is 4.79 Å². The zero-order chi connectivity index (χ0) is 8.27. The van der Waals surface area contributed by atoms with E-state index in [0.29, 0.717) is 0 Å². The van der Waals surface area contributed by atoms with E-state index in [-0.39, 0.29) is 5.24 Å². The first-order chi connectivity index (χ1) is 5.18. The van der Waals surface area contributed by atoms with Gasteiger partial charge < -0.3 is 5.32 Å². The van der Waals surface area contributed by atoms with E-state index in [1.165, 1.54) is 0 Å². The summed E-state index contributed by atoms with van der Waals surface area (Å²) < 4.78 is 1.14. The average molecular weight is 279 g/mol. The molecule has 11 heavy (non-hydrogen) atoms. The maximum atomic E-state index is 10.4. The Kier molecular flexibility index (Phi) is 3.19. The molecule has 58 valence electrons. The van der Waals surface area contributed by atoms with Crippen LogP contribution in [0.15, 0.2) is 24.3 Å². The lowest BCUT2D eigenvalue weighted by atomic mass is 10.3. The van der Waals surface area contributed by atoms with Crippen molar-refractivity contribution < 1.29 is 4.79 Å². The molecule has 1 N–H and O–H groups in total. The van der Waals surface area contributed by atoms with Crippen LogP contribution in [0.2, 0.25) is 0 Å². The average Bonchev–Trinajstić information content (AvgIpc) is 1.93. The number of nitrogens with one attached hydrogen (secondary N) is 1. The van der Waals surface area contributed by atoms with Gasteiger partial charge >= 0.3 is 0 Å². The van der Waals surface area contributed by atoms with Crippen molar-refractivity contribution in [2.75, 3.05) is 5.32 Å². The summed E-state index contributed by atoms with van der Waals surface area (Å²) in [6, 6.07) is 7.49. The second-order valence-electron chi connectivity index (χ2n) is 1.94. The Morgan fingerprint density at radius 3 is 2.36 bits per heavy atom. The van der Waals surface area contributed by atoms with Gasteiger partial charge in [-0.25, -0.2) is 0 Å². The summed E-state index contributed by atoms with van der Waals surface area (Å²) in [4.78, 5) is 10.4. The SMILES string of the molecule is O=C(S)Nc1ccc(I)cc1. The van der Waals surface area contributed by atoms with Crippen molar-refractivity contribution in [3.05, 3.63) is 27.8 Å². The molecule has 0 fully saturated rings. The summed E-state index contributed by atoms with van der Waals surface area (Å²) >= 11 is 5.78. The van der Waals surface area contributed by atoms with Gasteiger partial charge in [-0.3, -0.25) is 4.79 Å². The number of amides is 1. The van der Waals surface area contributed by atoms with E-state index in [0.717, 1.165) is 9.26 Å². The second kappa shape index (κ2) is 3.96. The smallest absolute Gasteiger partial charge is 0.280 e. The Morgan fingerprint density at radius 2 is 1.91 bits per heavy atom. The quantitative estimate of drug-likeness (QED) is 0.600. The number of carbonyl (C=O) groups is 1. The summed E-state index contributed by atoms with van der Waals surface area (Å²) in [5.41, 5.74) is 0.769. The Bertz CT molecular complexity index is 260. The number of halogens is 1. The summed E-state index contributed by atoms with van der Waals surface area (Å²) in [7, 11) is 0. The summed E-state index contributed by atoms with van der Waals surface area (Å²) in [6.07, 6.45) is 0. The largest absolute Gasteiger partial charge is 0.317 e. The predicted octanol–water partition coefficient (Wildman–Crippen LogP) is 2.75. The van der Waals surface area contributed by atoms with E-state index in [1.807, 2.05) is 24.3 Å². The van der Waals surface area contributed by atoms with Gasteiger partial charge in [0.05, 0.1) is 0 Å². The van der Waals surface area contributed by atoms with E-state index < -0.39 is 0 Å². The molecule has 2 nitrogen and oxygen atoms in total. The van der Waals surface area contributed by atoms with E-state index in [1.54, 1.807) is 0 Å². The molecular weight excluding hydrogens is 273 g/mol. The maximum absolute atomic E-state index is 10.4. The van der Waals surface area contributed by atoms with Crippen molar-refractivity contribution in [3.63, 3.8) is 0 Å². The third-order valence-electron chi connectivity index (χ3n) is 1.10. The molecule has 0 saturated heterocycles. The lowest BCUT2D eigenvalue weighted by molar-refractivity contribution is 0.270. The van der Waals surface area contributed by atoms with Gasteiger partial charge in [0.1, 0.15) is 0 Å². The van der Waals surface area contributed by atoms with E-state index in [4.69, 9.17) is 0 Å². The molecule has 0 saturated carbocycles. The van der Waals surface area contributed by atoms with Crippen LogP contribution in [0.4, 0.5) is 10.5 Å². The molecule has 0 aliphatic carbocycles. The highest BCUT2D eigenvalue weighted by Crippen LogP contribution is 2.11. The van der Waals surface area contributed by atoms with Gasteiger partial charge in [-0.1, -0.05) is 12.6 Å². The van der Waals surface area contributed by atoms with Crippen molar-refractivity contribution in [2.24, 2.45) is 0 Å². The molecule has 1 aromatic carbocycles. The summed E-state index contributed by atoms with van der Waals surface area (Å²) in [5.74, 6) is 0. The lowest BCUT2D eigenvalue weighted by Crippen LogP contribution is -2.00. The molecule has 4 heteroatoms.